The average molecular weight is 380 g/mol. The highest BCUT2D eigenvalue weighted by Gasteiger charge is 2.31. The first kappa shape index (κ1) is 18.0. The SMILES string of the molecule is C[C@@H](C(=O)Nc1ccc2c(c1)OCO2)N(c1ccccc1F)S(C)(=O)=O. The zero-order chi connectivity index (χ0) is 18.9. The first-order chi connectivity index (χ1) is 12.3. The predicted octanol–water partition coefficient (Wildman–Crippen LogP) is 2.35. The lowest BCUT2D eigenvalue weighted by Crippen LogP contribution is -2.45. The third kappa shape index (κ3) is 3.57. The minimum atomic E-state index is -3.90. The van der Waals surface area contributed by atoms with E-state index in [0.717, 1.165) is 16.6 Å². The summed E-state index contributed by atoms with van der Waals surface area (Å²) in [5.74, 6) is -0.317. The first-order valence-electron chi connectivity index (χ1n) is 7.72. The van der Waals surface area contributed by atoms with Crippen LogP contribution in [0.3, 0.4) is 0 Å². The van der Waals surface area contributed by atoms with Crippen LogP contribution in [0.15, 0.2) is 42.5 Å². The van der Waals surface area contributed by atoms with E-state index < -0.39 is 27.8 Å². The number of rotatable bonds is 5. The van der Waals surface area contributed by atoms with Crippen molar-refractivity contribution in [3.05, 3.63) is 48.3 Å². The van der Waals surface area contributed by atoms with Crippen LogP contribution in [-0.2, 0) is 14.8 Å². The van der Waals surface area contributed by atoms with E-state index in [4.69, 9.17) is 9.47 Å². The van der Waals surface area contributed by atoms with E-state index in [1.54, 1.807) is 18.2 Å². The minimum absolute atomic E-state index is 0.0955. The zero-order valence-electron chi connectivity index (χ0n) is 14.1. The van der Waals surface area contributed by atoms with Crippen LogP contribution in [0.1, 0.15) is 6.92 Å². The van der Waals surface area contributed by atoms with Gasteiger partial charge in [0.1, 0.15) is 11.9 Å². The van der Waals surface area contributed by atoms with Crippen LogP contribution in [0.4, 0.5) is 15.8 Å². The van der Waals surface area contributed by atoms with Crippen molar-refractivity contribution in [3.63, 3.8) is 0 Å². The van der Waals surface area contributed by atoms with Gasteiger partial charge in [-0.15, -0.1) is 0 Å². The molecule has 2 aromatic carbocycles. The highest BCUT2D eigenvalue weighted by molar-refractivity contribution is 7.92. The third-order valence-electron chi connectivity index (χ3n) is 3.82. The average Bonchev–Trinajstić information content (AvgIpc) is 3.03. The number of anilines is 2. The number of carbonyl (C=O) groups excluding carboxylic acids is 1. The molecule has 0 saturated heterocycles. The van der Waals surface area contributed by atoms with Gasteiger partial charge in [0.15, 0.2) is 11.5 Å². The number of sulfonamides is 1. The second-order valence-corrected chi connectivity index (χ2v) is 7.60. The number of para-hydroxylation sites is 1. The quantitative estimate of drug-likeness (QED) is 0.861. The molecule has 0 aliphatic carbocycles. The predicted molar refractivity (Wildman–Crippen MR) is 94.4 cm³/mol. The molecular formula is C17H17FN2O5S. The molecule has 1 N–H and O–H groups in total. The van der Waals surface area contributed by atoms with Crippen molar-refractivity contribution in [1.29, 1.82) is 0 Å². The number of amides is 1. The van der Waals surface area contributed by atoms with Crippen LogP contribution >= 0.6 is 0 Å². The van der Waals surface area contributed by atoms with Crippen LogP contribution in [0.25, 0.3) is 0 Å². The highest BCUT2D eigenvalue weighted by atomic mass is 32.2. The Bertz CT molecular complexity index is 948. The summed E-state index contributed by atoms with van der Waals surface area (Å²) < 4.78 is 49.6. The summed E-state index contributed by atoms with van der Waals surface area (Å²) in [6.07, 6.45) is 0.920. The maximum atomic E-state index is 14.1. The monoisotopic (exact) mass is 380 g/mol. The Morgan fingerprint density at radius 2 is 1.88 bits per heavy atom. The molecule has 1 amide bonds. The number of ether oxygens (including phenoxy) is 2. The molecule has 0 aromatic heterocycles. The maximum Gasteiger partial charge on any atom is 0.247 e. The lowest BCUT2D eigenvalue weighted by Gasteiger charge is -2.28. The largest absolute Gasteiger partial charge is 0.454 e. The van der Waals surface area contributed by atoms with Crippen molar-refractivity contribution >= 4 is 27.3 Å². The van der Waals surface area contributed by atoms with Crippen LogP contribution in [0.2, 0.25) is 0 Å². The van der Waals surface area contributed by atoms with Gasteiger partial charge in [-0.05, 0) is 31.2 Å². The van der Waals surface area contributed by atoms with Gasteiger partial charge in [-0.1, -0.05) is 12.1 Å². The first-order valence-corrected chi connectivity index (χ1v) is 9.56. The number of hydrogen-bond donors (Lipinski definition) is 1. The molecule has 2 aromatic rings. The topological polar surface area (TPSA) is 84.9 Å². The normalized spacial score (nSPS) is 14.0. The molecule has 3 rings (SSSR count). The van der Waals surface area contributed by atoms with E-state index in [9.17, 15) is 17.6 Å². The Kier molecular flexibility index (Phi) is 4.73. The summed E-state index contributed by atoms with van der Waals surface area (Å²) in [5, 5.41) is 2.61. The van der Waals surface area contributed by atoms with Gasteiger partial charge in [-0.25, -0.2) is 12.8 Å². The number of benzene rings is 2. The summed E-state index contributed by atoms with van der Waals surface area (Å²) >= 11 is 0. The number of fused-ring (bicyclic) bond motifs is 1. The van der Waals surface area contributed by atoms with Gasteiger partial charge in [-0.2, -0.15) is 0 Å². The summed E-state index contributed by atoms with van der Waals surface area (Å²) in [5.41, 5.74) is 0.219. The molecule has 0 radical (unpaired) electrons. The summed E-state index contributed by atoms with van der Waals surface area (Å²) in [6.45, 7) is 1.48. The van der Waals surface area contributed by atoms with E-state index in [1.807, 2.05) is 0 Å². The fraction of sp³-hybridized carbons (Fsp3) is 0.235. The van der Waals surface area contributed by atoms with Gasteiger partial charge in [0.25, 0.3) is 0 Å². The number of carbonyl (C=O) groups is 1. The van der Waals surface area contributed by atoms with Gasteiger partial charge in [-0.3, -0.25) is 9.10 Å². The number of hydrogen-bond acceptors (Lipinski definition) is 5. The van der Waals surface area contributed by atoms with Crippen molar-refractivity contribution in [2.45, 2.75) is 13.0 Å². The summed E-state index contributed by atoms with van der Waals surface area (Å²) in [6, 6.07) is 9.01. The Morgan fingerprint density at radius 1 is 1.19 bits per heavy atom. The highest BCUT2D eigenvalue weighted by Crippen LogP contribution is 2.34. The molecule has 1 aliphatic rings. The number of nitrogens with zero attached hydrogens (tertiary/aromatic N) is 1. The molecule has 7 nitrogen and oxygen atoms in total. The number of nitrogens with one attached hydrogen (secondary N) is 1. The van der Waals surface area contributed by atoms with Gasteiger partial charge >= 0.3 is 0 Å². The zero-order valence-corrected chi connectivity index (χ0v) is 14.9. The van der Waals surface area contributed by atoms with E-state index in [1.165, 1.54) is 25.1 Å². The summed E-state index contributed by atoms with van der Waals surface area (Å²) in [4.78, 5) is 12.6. The Hall–Kier alpha value is -2.81. The molecule has 1 heterocycles. The van der Waals surface area contributed by atoms with Gasteiger partial charge in [0, 0.05) is 11.8 Å². The standard InChI is InChI=1S/C17H17FN2O5S/c1-11(20(26(2,22)23)14-6-4-3-5-13(14)18)17(21)19-12-7-8-15-16(9-12)25-10-24-15/h3-9,11H,10H2,1-2H3,(H,19,21)/t11-/m0/s1. The summed E-state index contributed by atoms with van der Waals surface area (Å²) in [7, 11) is -3.90. The second-order valence-electron chi connectivity index (χ2n) is 5.74. The van der Waals surface area contributed by atoms with Crippen molar-refractivity contribution in [3.8, 4) is 11.5 Å². The lowest BCUT2D eigenvalue weighted by molar-refractivity contribution is -0.116. The second kappa shape index (κ2) is 6.83. The van der Waals surface area contributed by atoms with E-state index in [-0.39, 0.29) is 12.5 Å². The Labute approximate surface area is 150 Å². The van der Waals surface area contributed by atoms with Gasteiger partial charge in [0.05, 0.1) is 11.9 Å². The van der Waals surface area contributed by atoms with Crippen LogP contribution < -0.4 is 19.1 Å². The molecule has 1 atom stereocenters. The smallest absolute Gasteiger partial charge is 0.247 e. The molecule has 1 aliphatic heterocycles. The van der Waals surface area contributed by atoms with Crippen molar-refractivity contribution in [2.75, 3.05) is 22.7 Å². The molecule has 0 fully saturated rings. The third-order valence-corrected chi connectivity index (χ3v) is 5.05. The Balaban J connectivity index is 1.86. The molecule has 0 bridgehead atoms. The molecule has 26 heavy (non-hydrogen) atoms. The van der Waals surface area contributed by atoms with E-state index >= 15 is 0 Å². The molecule has 9 heteroatoms. The van der Waals surface area contributed by atoms with Crippen molar-refractivity contribution in [2.24, 2.45) is 0 Å². The van der Waals surface area contributed by atoms with Gasteiger partial charge < -0.3 is 14.8 Å². The van der Waals surface area contributed by atoms with Gasteiger partial charge in [0.2, 0.25) is 22.7 Å². The lowest BCUT2D eigenvalue weighted by atomic mass is 10.2. The van der Waals surface area contributed by atoms with Crippen LogP contribution in [0, 0.1) is 5.82 Å². The van der Waals surface area contributed by atoms with Crippen molar-refractivity contribution < 1.29 is 27.1 Å². The van der Waals surface area contributed by atoms with E-state index in [0.29, 0.717) is 17.2 Å². The van der Waals surface area contributed by atoms with Crippen LogP contribution in [-0.4, -0.2) is 33.4 Å². The fourth-order valence-corrected chi connectivity index (χ4v) is 3.81. The number of halogens is 1. The molecule has 0 spiro atoms. The fourth-order valence-electron chi connectivity index (χ4n) is 2.63. The molecule has 138 valence electrons. The molecule has 0 saturated carbocycles. The van der Waals surface area contributed by atoms with Crippen LogP contribution in [0.5, 0.6) is 11.5 Å². The molecule has 0 unspecified atom stereocenters. The Morgan fingerprint density at radius 3 is 2.58 bits per heavy atom. The maximum absolute atomic E-state index is 14.1. The van der Waals surface area contributed by atoms with E-state index in [2.05, 4.69) is 5.32 Å². The molecular weight excluding hydrogens is 363 g/mol. The van der Waals surface area contributed by atoms with Crippen molar-refractivity contribution in [1.82, 2.24) is 0 Å². The minimum Gasteiger partial charge on any atom is -0.454 e.